The minimum absolute atomic E-state index is 0.0769. The molecule has 0 saturated carbocycles. The molecule has 0 radical (unpaired) electrons. The van der Waals surface area contributed by atoms with Crippen molar-refractivity contribution in [3.8, 4) is 0 Å². The number of aromatic nitrogens is 1. The number of carbonyl (C=O) groups excluding carboxylic acids is 2. The van der Waals surface area contributed by atoms with Gasteiger partial charge in [0.2, 0.25) is 11.7 Å². The van der Waals surface area contributed by atoms with Crippen molar-refractivity contribution in [2.45, 2.75) is 63.2 Å². The number of aryl methyl sites for hydroxylation is 1. The third-order valence-corrected chi connectivity index (χ3v) is 6.57. The monoisotopic (exact) mass is 403 g/mol. The van der Waals surface area contributed by atoms with E-state index in [1.807, 2.05) is 11.8 Å². The van der Waals surface area contributed by atoms with E-state index in [1.165, 1.54) is 0 Å². The fraction of sp³-hybridized carbons (Fsp3) is 0.667. The number of aliphatic hydroxyl groups excluding tert-OH is 1. The van der Waals surface area contributed by atoms with Crippen molar-refractivity contribution in [2.24, 2.45) is 5.92 Å². The van der Waals surface area contributed by atoms with Crippen LogP contribution in [0, 0.1) is 12.8 Å². The zero-order valence-electron chi connectivity index (χ0n) is 17.0. The summed E-state index contributed by atoms with van der Waals surface area (Å²) >= 11 is 0. The maximum Gasteiger partial charge on any atom is 0.290 e. The summed E-state index contributed by atoms with van der Waals surface area (Å²) in [7, 11) is 0. The van der Waals surface area contributed by atoms with E-state index in [4.69, 9.17) is 9.26 Å². The van der Waals surface area contributed by atoms with Crippen molar-refractivity contribution in [3.05, 3.63) is 29.7 Å². The van der Waals surface area contributed by atoms with Gasteiger partial charge in [-0.3, -0.25) is 9.59 Å². The Hall–Kier alpha value is -2.19. The van der Waals surface area contributed by atoms with Gasteiger partial charge in [0.15, 0.2) is 0 Å². The lowest BCUT2D eigenvalue weighted by atomic mass is 9.74. The fourth-order valence-corrected chi connectivity index (χ4v) is 4.73. The molecule has 3 heterocycles. The maximum absolute atomic E-state index is 12.7. The molecule has 0 unspecified atom stereocenters. The third kappa shape index (κ3) is 3.96. The topological polar surface area (TPSA) is 105 Å². The molecule has 29 heavy (non-hydrogen) atoms. The number of carbonyl (C=O) groups is 2. The molecule has 8 heteroatoms. The summed E-state index contributed by atoms with van der Waals surface area (Å²) in [5, 5.41) is 17.3. The summed E-state index contributed by atoms with van der Waals surface area (Å²) < 4.78 is 11.1. The standard InChI is InChI=1S/C21H29N3O5/c1-14-11-16(29-23-14)18(26)22-20(2)13-21(28-12-17(20)25)7-9-24(10-8-21)19(27)15-5-3-4-6-15/h3-4,11,15,17,25H,5-10,12-13H2,1-2H3,(H,22,26)/t17-,20-/m1/s1. The first-order valence-corrected chi connectivity index (χ1v) is 10.3. The Morgan fingerprint density at radius 3 is 2.59 bits per heavy atom. The summed E-state index contributed by atoms with van der Waals surface area (Å²) in [4.78, 5) is 27.2. The first kappa shape index (κ1) is 20.1. The summed E-state index contributed by atoms with van der Waals surface area (Å²) in [6.45, 7) is 5.00. The number of allylic oxidation sites excluding steroid dienone is 2. The van der Waals surface area contributed by atoms with E-state index >= 15 is 0 Å². The zero-order chi connectivity index (χ0) is 20.6. The lowest BCUT2D eigenvalue weighted by Crippen LogP contribution is -2.65. The average molecular weight is 403 g/mol. The van der Waals surface area contributed by atoms with Crippen LogP contribution < -0.4 is 5.32 Å². The molecule has 2 amide bonds. The van der Waals surface area contributed by atoms with Gasteiger partial charge in [0.25, 0.3) is 5.91 Å². The predicted octanol–water partition coefficient (Wildman–Crippen LogP) is 1.58. The Kier molecular flexibility index (Phi) is 5.25. The van der Waals surface area contributed by atoms with E-state index in [2.05, 4.69) is 22.6 Å². The Morgan fingerprint density at radius 1 is 1.28 bits per heavy atom. The molecular formula is C21H29N3O5. The molecule has 2 saturated heterocycles. The molecule has 0 aromatic carbocycles. The molecule has 2 aliphatic heterocycles. The van der Waals surface area contributed by atoms with Crippen LogP contribution in [0.15, 0.2) is 22.7 Å². The van der Waals surface area contributed by atoms with Gasteiger partial charge in [-0.2, -0.15) is 0 Å². The molecule has 3 aliphatic rings. The van der Waals surface area contributed by atoms with Crippen LogP contribution in [0.25, 0.3) is 0 Å². The number of likely N-dealkylation sites (tertiary alicyclic amines) is 1. The Bertz CT molecular complexity index is 803. The predicted molar refractivity (Wildman–Crippen MR) is 104 cm³/mol. The zero-order valence-corrected chi connectivity index (χ0v) is 17.0. The Labute approximate surface area is 170 Å². The quantitative estimate of drug-likeness (QED) is 0.743. The van der Waals surface area contributed by atoms with E-state index in [-0.39, 0.29) is 24.2 Å². The molecule has 1 spiro atoms. The van der Waals surface area contributed by atoms with E-state index in [0.717, 1.165) is 12.8 Å². The molecule has 1 aromatic heterocycles. The van der Waals surface area contributed by atoms with Crippen LogP contribution in [-0.2, 0) is 9.53 Å². The number of ether oxygens (including phenoxy) is 1. The maximum atomic E-state index is 12.7. The van der Waals surface area contributed by atoms with Crippen molar-refractivity contribution in [3.63, 3.8) is 0 Å². The van der Waals surface area contributed by atoms with Gasteiger partial charge in [0.05, 0.1) is 23.4 Å². The number of nitrogens with one attached hydrogen (secondary N) is 1. The lowest BCUT2D eigenvalue weighted by molar-refractivity contribution is -0.180. The van der Waals surface area contributed by atoms with Crippen LogP contribution in [0.1, 0.15) is 55.3 Å². The van der Waals surface area contributed by atoms with Gasteiger partial charge in [-0.15, -0.1) is 0 Å². The minimum Gasteiger partial charge on any atom is -0.388 e. The molecule has 1 aromatic rings. The highest BCUT2D eigenvalue weighted by Gasteiger charge is 2.51. The van der Waals surface area contributed by atoms with E-state index in [9.17, 15) is 14.7 Å². The molecule has 1 aliphatic carbocycles. The second kappa shape index (κ2) is 7.57. The first-order chi connectivity index (χ1) is 13.8. The largest absolute Gasteiger partial charge is 0.388 e. The lowest BCUT2D eigenvalue weighted by Gasteiger charge is -2.52. The number of nitrogens with zero attached hydrogens (tertiary/aromatic N) is 2. The van der Waals surface area contributed by atoms with Gasteiger partial charge in [-0.25, -0.2) is 0 Å². The van der Waals surface area contributed by atoms with Crippen molar-refractivity contribution in [2.75, 3.05) is 19.7 Å². The van der Waals surface area contributed by atoms with Gasteiger partial charge in [-0.1, -0.05) is 17.3 Å². The summed E-state index contributed by atoms with van der Waals surface area (Å²) in [6, 6.07) is 1.57. The summed E-state index contributed by atoms with van der Waals surface area (Å²) in [5.74, 6) is 0.0260. The first-order valence-electron chi connectivity index (χ1n) is 10.3. The van der Waals surface area contributed by atoms with Gasteiger partial charge in [0.1, 0.15) is 6.10 Å². The molecule has 2 N–H and O–H groups in total. The van der Waals surface area contributed by atoms with Crippen LogP contribution in [0.3, 0.4) is 0 Å². The number of amides is 2. The van der Waals surface area contributed by atoms with E-state index in [0.29, 0.717) is 38.0 Å². The smallest absolute Gasteiger partial charge is 0.290 e. The van der Waals surface area contributed by atoms with E-state index in [1.54, 1.807) is 13.0 Å². The average Bonchev–Trinajstić information content (AvgIpc) is 3.37. The van der Waals surface area contributed by atoms with Crippen LogP contribution >= 0.6 is 0 Å². The summed E-state index contributed by atoms with van der Waals surface area (Å²) in [5.41, 5.74) is -0.681. The van der Waals surface area contributed by atoms with Crippen molar-refractivity contribution in [1.82, 2.24) is 15.4 Å². The second-order valence-corrected chi connectivity index (χ2v) is 8.86. The van der Waals surface area contributed by atoms with Crippen LogP contribution in [-0.4, -0.2) is 63.9 Å². The number of hydrogen-bond acceptors (Lipinski definition) is 6. The Morgan fingerprint density at radius 2 is 1.97 bits per heavy atom. The van der Waals surface area contributed by atoms with Gasteiger partial charge < -0.3 is 24.6 Å². The van der Waals surface area contributed by atoms with Crippen molar-refractivity contribution in [1.29, 1.82) is 0 Å². The van der Waals surface area contributed by atoms with Gasteiger partial charge in [-0.05, 0) is 39.5 Å². The Balaban J connectivity index is 1.40. The molecule has 158 valence electrons. The molecule has 0 bridgehead atoms. The highest BCUT2D eigenvalue weighted by Crippen LogP contribution is 2.40. The number of rotatable bonds is 3. The highest BCUT2D eigenvalue weighted by atomic mass is 16.5. The molecule has 2 fully saturated rings. The molecular weight excluding hydrogens is 374 g/mol. The molecule has 8 nitrogen and oxygen atoms in total. The summed E-state index contributed by atoms with van der Waals surface area (Å²) in [6.07, 6.45) is 6.84. The van der Waals surface area contributed by atoms with Crippen molar-refractivity contribution < 1.29 is 24.0 Å². The third-order valence-electron chi connectivity index (χ3n) is 6.57. The highest BCUT2D eigenvalue weighted by molar-refractivity contribution is 5.92. The van der Waals surface area contributed by atoms with E-state index < -0.39 is 23.2 Å². The second-order valence-electron chi connectivity index (χ2n) is 8.86. The number of hydrogen-bond donors (Lipinski definition) is 2. The van der Waals surface area contributed by atoms with Crippen LogP contribution in [0.2, 0.25) is 0 Å². The SMILES string of the molecule is Cc1cc(C(=O)N[C@]2(C)CC3(CCN(C(=O)C4CC=CC4)CC3)OC[C@H]2O)on1. The minimum atomic E-state index is -0.850. The number of aliphatic hydroxyl groups is 1. The van der Waals surface area contributed by atoms with Crippen LogP contribution in [0.5, 0.6) is 0 Å². The van der Waals surface area contributed by atoms with Gasteiger partial charge in [0, 0.05) is 31.5 Å². The normalized spacial score (nSPS) is 29.3. The number of piperidine rings is 1. The molecule has 4 rings (SSSR count). The van der Waals surface area contributed by atoms with Gasteiger partial charge >= 0.3 is 0 Å². The fourth-order valence-electron chi connectivity index (χ4n) is 4.73. The van der Waals surface area contributed by atoms with Crippen LogP contribution in [0.4, 0.5) is 0 Å². The van der Waals surface area contributed by atoms with Crippen molar-refractivity contribution >= 4 is 11.8 Å². The molecule has 2 atom stereocenters.